The highest BCUT2D eigenvalue weighted by Gasteiger charge is 2.16. The van der Waals surface area contributed by atoms with Gasteiger partial charge in [-0.3, -0.25) is 0 Å². The van der Waals surface area contributed by atoms with E-state index < -0.39 is 0 Å². The van der Waals surface area contributed by atoms with Crippen LogP contribution in [-0.2, 0) is 0 Å². The molecule has 1 fully saturated rings. The number of thioether (sulfide) groups is 1. The van der Waals surface area contributed by atoms with Gasteiger partial charge in [0, 0.05) is 24.9 Å². The Morgan fingerprint density at radius 2 is 2.18 bits per heavy atom. The lowest BCUT2D eigenvalue weighted by Crippen LogP contribution is -2.44. The molecule has 0 aromatic rings. The highest BCUT2D eigenvalue weighted by molar-refractivity contribution is 7.99. The van der Waals surface area contributed by atoms with Crippen molar-refractivity contribution in [1.29, 1.82) is 0 Å². The molecule has 1 heterocycles. The summed E-state index contributed by atoms with van der Waals surface area (Å²) in [5, 5.41) is 3.11. The van der Waals surface area contributed by atoms with Gasteiger partial charge in [0.25, 0.3) is 0 Å². The van der Waals surface area contributed by atoms with Gasteiger partial charge in [0.2, 0.25) is 0 Å². The molecule has 17 heavy (non-hydrogen) atoms. The average molecular weight is 258 g/mol. The second-order valence-electron chi connectivity index (χ2n) is 4.80. The van der Waals surface area contributed by atoms with E-state index in [1.165, 1.54) is 25.0 Å². The molecule has 0 radical (unpaired) electrons. The number of rotatable bonds is 5. The number of nitrogens with one attached hydrogen (secondary N) is 1. The van der Waals surface area contributed by atoms with Gasteiger partial charge in [0.1, 0.15) is 0 Å². The molecular weight excluding hydrogens is 232 g/mol. The van der Waals surface area contributed by atoms with E-state index in [9.17, 15) is 4.79 Å². The first-order valence-electron chi connectivity index (χ1n) is 6.87. The highest BCUT2D eigenvalue weighted by atomic mass is 32.2. The minimum Gasteiger partial charge on any atom is -0.336 e. The largest absolute Gasteiger partial charge is 0.336 e. The molecule has 0 spiro atoms. The smallest absolute Gasteiger partial charge is 0.317 e. The fourth-order valence-corrected chi connectivity index (χ4v) is 2.91. The van der Waals surface area contributed by atoms with E-state index in [1.807, 2.05) is 16.7 Å². The molecule has 0 bridgehead atoms. The quantitative estimate of drug-likeness (QED) is 0.769. The molecule has 1 aliphatic rings. The first kappa shape index (κ1) is 14.7. The number of carbonyl (C=O) groups excluding carboxylic acids is 1. The Balaban J connectivity index is 2.21. The third kappa shape index (κ3) is 6.20. The highest BCUT2D eigenvalue weighted by Crippen LogP contribution is 2.10. The lowest BCUT2D eigenvalue weighted by Gasteiger charge is -2.23. The van der Waals surface area contributed by atoms with Crippen molar-refractivity contribution in [2.75, 3.05) is 24.6 Å². The van der Waals surface area contributed by atoms with Crippen LogP contribution in [-0.4, -0.2) is 41.6 Å². The Kier molecular flexibility index (Phi) is 7.49. The van der Waals surface area contributed by atoms with Gasteiger partial charge in [-0.15, -0.1) is 0 Å². The molecule has 0 aliphatic carbocycles. The van der Waals surface area contributed by atoms with E-state index in [4.69, 9.17) is 0 Å². The molecule has 1 rings (SSSR count). The van der Waals surface area contributed by atoms with Crippen molar-refractivity contribution in [3.63, 3.8) is 0 Å². The van der Waals surface area contributed by atoms with Crippen LogP contribution in [0.1, 0.15) is 46.0 Å². The van der Waals surface area contributed by atoms with Crippen LogP contribution in [0.3, 0.4) is 0 Å². The summed E-state index contributed by atoms with van der Waals surface area (Å²) in [6, 6.07) is 0.446. The second-order valence-corrected chi connectivity index (χ2v) is 6.02. The number of carbonyl (C=O) groups is 1. The molecule has 2 amide bonds. The maximum absolute atomic E-state index is 12.0. The van der Waals surface area contributed by atoms with Crippen molar-refractivity contribution in [1.82, 2.24) is 10.2 Å². The minimum absolute atomic E-state index is 0.136. The molecule has 1 aliphatic heterocycles. The molecule has 0 saturated carbocycles. The van der Waals surface area contributed by atoms with Crippen molar-refractivity contribution in [3.8, 4) is 0 Å². The van der Waals surface area contributed by atoms with Crippen LogP contribution in [0.25, 0.3) is 0 Å². The predicted octanol–water partition coefficient (Wildman–Crippen LogP) is 3.10. The predicted molar refractivity (Wildman–Crippen MR) is 75.7 cm³/mol. The van der Waals surface area contributed by atoms with Crippen LogP contribution < -0.4 is 5.32 Å². The average Bonchev–Trinajstić information content (AvgIpc) is 2.57. The van der Waals surface area contributed by atoms with Gasteiger partial charge in [-0.2, -0.15) is 11.8 Å². The molecule has 100 valence electrons. The van der Waals surface area contributed by atoms with Gasteiger partial charge in [-0.25, -0.2) is 4.79 Å². The van der Waals surface area contributed by atoms with Crippen LogP contribution in [0.2, 0.25) is 0 Å². The van der Waals surface area contributed by atoms with Crippen LogP contribution in [0.5, 0.6) is 0 Å². The zero-order valence-electron chi connectivity index (χ0n) is 11.2. The van der Waals surface area contributed by atoms with Gasteiger partial charge in [0.15, 0.2) is 0 Å². The molecule has 1 atom stereocenters. The normalized spacial score (nSPS) is 18.6. The number of amides is 2. The summed E-state index contributed by atoms with van der Waals surface area (Å²) in [7, 11) is 0. The third-order valence-corrected chi connectivity index (χ3v) is 4.17. The van der Waals surface area contributed by atoms with E-state index in [2.05, 4.69) is 19.2 Å². The zero-order chi connectivity index (χ0) is 12.5. The Morgan fingerprint density at radius 1 is 1.35 bits per heavy atom. The SMILES string of the molecule is CCCCC[C@@H](C)NC(=O)N1CCCSCC1. The van der Waals surface area contributed by atoms with E-state index in [1.54, 1.807) is 0 Å². The fourth-order valence-electron chi connectivity index (χ4n) is 2.02. The molecule has 4 heteroatoms. The summed E-state index contributed by atoms with van der Waals surface area (Å²) in [5.74, 6) is 2.27. The van der Waals surface area contributed by atoms with Gasteiger partial charge < -0.3 is 10.2 Å². The zero-order valence-corrected chi connectivity index (χ0v) is 12.0. The van der Waals surface area contributed by atoms with Gasteiger partial charge in [0.05, 0.1) is 0 Å². The summed E-state index contributed by atoms with van der Waals surface area (Å²) >= 11 is 1.95. The minimum atomic E-state index is 0.136. The number of unbranched alkanes of at least 4 members (excludes halogenated alkanes) is 2. The topological polar surface area (TPSA) is 32.3 Å². The van der Waals surface area contributed by atoms with Gasteiger partial charge in [-0.1, -0.05) is 26.2 Å². The molecule has 0 aromatic heterocycles. The molecule has 1 N–H and O–H groups in total. The van der Waals surface area contributed by atoms with Crippen molar-refractivity contribution in [2.24, 2.45) is 0 Å². The number of hydrogen-bond donors (Lipinski definition) is 1. The fraction of sp³-hybridized carbons (Fsp3) is 0.923. The Hall–Kier alpha value is -0.380. The van der Waals surface area contributed by atoms with Crippen LogP contribution >= 0.6 is 11.8 Å². The maximum Gasteiger partial charge on any atom is 0.317 e. The number of hydrogen-bond acceptors (Lipinski definition) is 2. The number of nitrogens with zero attached hydrogens (tertiary/aromatic N) is 1. The Labute approximate surface area is 110 Å². The van der Waals surface area contributed by atoms with Crippen LogP contribution in [0, 0.1) is 0 Å². The van der Waals surface area contributed by atoms with E-state index >= 15 is 0 Å². The first-order valence-corrected chi connectivity index (χ1v) is 8.02. The number of urea groups is 1. The molecule has 0 unspecified atom stereocenters. The van der Waals surface area contributed by atoms with Crippen molar-refractivity contribution in [3.05, 3.63) is 0 Å². The Morgan fingerprint density at radius 3 is 2.94 bits per heavy atom. The summed E-state index contributed by atoms with van der Waals surface area (Å²) in [6.07, 6.45) is 5.95. The van der Waals surface area contributed by atoms with Crippen LogP contribution in [0.15, 0.2) is 0 Å². The lowest BCUT2D eigenvalue weighted by molar-refractivity contribution is 0.197. The van der Waals surface area contributed by atoms with Gasteiger partial charge in [-0.05, 0) is 25.5 Å². The van der Waals surface area contributed by atoms with E-state index in [-0.39, 0.29) is 6.03 Å². The summed E-state index contributed by atoms with van der Waals surface area (Å²) < 4.78 is 0. The summed E-state index contributed by atoms with van der Waals surface area (Å²) in [6.45, 7) is 6.14. The molecule has 1 saturated heterocycles. The second kappa shape index (κ2) is 8.67. The molecule has 0 aromatic carbocycles. The molecular formula is C13H26N2OS. The van der Waals surface area contributed by atoms with Crippen molar-refractivity contribution >= 4 is 17.8 Å². The van der Waals surface area contributed by atoms with Gasteiger partial charge >= 0.3 is 6.03 Å². The monoisotopic (exact) mass is 258 g/mol. The maximum atomic E-state index is 12.0. The Bertz CT molecular complexity index is 215. The van der Waals surface area contributed by atoms with Crippen LogP contribution in [0.4, 0.5) is 4.79 Å². The van der Waals surface area contributed by atoms with Crippen molar-refractivity contribution in [2.45, 2.75) is 52.0 Å². The summed E-state index contributed by atoms with van der Waals surface area (Å²) in [5.41, 5.74) is 0. The molecule has 3 nitrogen and oxygen atoms in total. The lowest BCUT2D eigenvalue weighted by atomic mass is 10.1. The third-order valence-electron chi connectivity index (χ3n) is 3.12. The standard InChI is InChI=1S/C13H26N2OS/c1-3-4-5-7-12(2)14-13(16)15-8-6-10-17-11-9-15/h12H,3-11H2,1-2H3,(H,14,16)/t12-/m1/s1. The van der Waals surface area contributed by atoms with Crippen molar-refractivity contribution < 1.29 is 4.79 Å². The van der Waals surface area contributed by atoms with E-state index in [0.717, 1.165) is 31.7 Å². The first-order chi connectivity index (χ1) is 8.24. The summed E-state index contributed by atoms with van der Waals surface area (Å²) in [4.78, 5) is 14.0. The van der Waals surface area contributed by atoms with E-state index in [0.29, 0.717) is 6.04 Å².